The van der Waals surface area contributed by atoms with E-state index >= 15 is 0 Å². The molecule has 6 N–H and O–H groups in total. The maximum Gasteiger partial charge on any atom is 0.503 e. The van der Waals surface area contributed by atoms with Gasteiger partial charge in [0.25, 0.3) is 0 Å². The van der Waals surface area contributed by atoms with Crippen LogP contribution in [0.4, 0.5) is 9.59 Å². The first-order valence-electron chi connectivity index (χ1n) is 4.64. The van der Waals surface area contributed by atoms with Crippen molar-refractivity contribution in [3.05, 3.63) is 0 Å². The lowest BCUT2D eigenvalue weighted by molar-refractivity contribution is -0.248. The second kappa shape index (κ2) is 30.4. The molecule has 0 aromatic heterocycles. The van der Waals surface area contributed by atoms with Gasteiger partial charge < -0.3 is 29.9 Å². The molecule has 0 aliphatic heterocycles. The van der Waals surface area contributed by atoms with Crippen molar-refractivity contribution in [3.63, 3.8) is 0 Å². The van der Waals surface area contributed by atoms with Crippen LogP contribution in [0, 0.1) is 0 Å². The number of hydrogen-bond donors (Lipinski definition) is 6. The molecule has 0 fully saturated rings. The lowest BCUT2D eigenvalue weighted by Gasteiger charge is -1.89. The average Bonchev–Trinajstić information content (AvgIpc) is 2.33. The van der Waals surface area contributed by atoms with Crippen molar-refractivity contribution in [1.29, 1.82) is 0 Å². The van der Waals surface area contributed by atoms with Crippen LogP contribution in [0.2, 0.25) is 0 Å². The van der Waals surface area contributed by atoms with Crippen LogP contribution in [-0.4, -0.2) is 83.9 Å². The van der Waals surface area contributed by atoms with Gasteiger partial charge in [0.05, 0.1) is 13.2 Å². The van der Waals surface area contributed by atoms with Crippen LogP contribution in [0.25, 0.3) is 0 Å². The van der Waals surface area contributed by atoms with Gasteiger partial charge in [-0.25, -0.2) is 19.4 Å². The number of carboxylic acid groups (broad SMARTS) is 4. The Morgan fingerprint density at radius 2 is 0.900 bits per heavy atom. The predicted molar refractivity (Wildman–Crippen MR) is 62.2 cm³/mol. The molecule has 0 aromatic rings. The van der Waals surface area contributed by atoms with Crippen LogP contribution in [0.1, 0.15) is 0 Å². The largest absolute Gasteiger partial charge is 0.503 e. The summed E-state index contributed by atoms with van der Waals surface area (Å²) in [5, 5.41) is 43.1. The van der Waals surface area contributed by atoms with Gasteiger partial charge in [-0.1, -0.05) is 0 Å². The Kier molecular flexibility index (Phi) is 40.7. The molecule has 0 spiro atoms. The van der Waals surface area contributed by atoms with E-state index in [9.17, 15) is 0 Å². The van der Waals surface area contributed by atoms with Gasteiger partial charge in [0.2, 0.25) is 0 Å². The van der Waals surface area contributed by atoms with Gasteiger partial charge in [-0.15, -0.1) is 0 Å². The molecule has 0 heterocycles. The zero-order chi connectivity index (χ0) is 16.8. The summed E-state index contributed by atoms with van der Waals surface area (Å²) in [4.78, 5) is 24.4. The minimum absolute atomic E-state index is 0.247. The summed E-state index contributed by atoms with van der Waals surface area (Å²) in [6.45, 7) is 1.38. The van der Waals surface area contributed by atoms with Gasteiger partial charge in [0.15, 0.2) is 0 Å². The van der Waals surface area contributed by atoms with Crippen molar-refractivity contribution in [2.24, 2.45) is 0 Å². The van der Waals surface area contributed by atoms with Crippen molar-refractivity contribution < 1.29 is 59.8 Å². The fourth-order valence-corrected chi connectivity index (χ4v) is 0.241. The average molecular weight is 308 g/mol. The van der Waals surface area contributed by atoms with Gasteiger partial charge in [-0.05, 0) is 0 Å². The second-order valence-electron chi connectivity index (χ2n) is 2.22. The third-order valence-electron chi connectivity index (χ3n) is 0.757. The zero-order valence-electron chi connectivity index (χ0n) is 11.0. The highest BCUT2D eigenvalue weighted by atomic mass is 17.1. The van der Waals surface area contributed by atoms with Crippen LogP contribution in [0.5, 0.6) is 0 Å². The van der Waals surface area contributed by atoms with Crippen molar-refractivity contribution in [2.75, 3.05) is 40.6 Å². The van der Waals surface area contributed by atoms with E-state index in [-0.39, 0.29) is 13.2 Å². The molecule has 0 atom stereocenters. The summed E-state index contributed by atoms with van der Waals surface area (Å²) < 4.78 is 8.99. The maximum absolute atomic E-state index is 8.56. The first-order chi connectivity index (χ1) is 9.29. The molecule has 12 heteroatoms. The SMILES string of the molecule is COCCOO.COCCOO.O=C(O)O.O=C(O)O. The van der Waals surface area contributed by atoms with E-state index in [1.807, 2.05) is 0 Å². The zero-order valence-corrected chi connectivity index (χ0v) is 11.0. The topological polar surface area (TPSA) is 192 Å². The first-order valence-corrected chi connectivity index (χ1v) is 4.64. The third kappa shape index (κ3) is 206. The quantitative estimate of drug-likeness (QED) is 0.229. The molecule has 0 unspecified atom stereocenters. The first kappa shape index (κ1) is 26.8. The Morgan fingerprint density at radius 1 is 0.700 bits per heavy atom. The number of hydrogen-bond acceptors (Lipinski definition) is 8. The van der Waals surface area contributed by atoms with Gasteiger partial charge in [-0.2, -0.15) is 0 Å². The normalized spacial score (nSPS) is 7.80. The number of carbonyl (C=O) groups is 2. The van der Waals surface area contributed by atoms with Crippen molar-refractivity contribution in [2.45, 2.75) is 0 Å². The molecular formula is C8H20O12. The Hall–Kier alpha value is -1.70. The second-order valence-corrected chi connectivity index (χ2v) is 2.22. The molecular weight excluding hydrogens is 288 g/mol. The van der Waals surface area contributed by atoms with E-state index in [1.165, 1.54) is 0 Å². The molecule has 0 aliphatic carbocycles. The monoisotopic (exact) mass is 308 g/mol. The van der Waals surface area contributed by atoms with Gasteiger partial charge >= 0.3 is 12.3 Å². The standard InChI is InChI=1S/2C3H8O3.2CH2O3/c2*1-5-2-3-6-4;2*2-1(3)4/h2*4H,2-3H2,1H3;2*(H2,2,3,4). The summed E-state index contributed by atoms with van der Waals surface area (Å²) in [6, 6.07) is 0. The maximum atomic E-state index is 8.56. The highest BCUT2D eigenvalue weighted by Crippen LogP contribution is 1.65. The molecule has 0 saturated carbocycles. The molecule has 0 saturated heterocycles. The third-order valence-corrected chi connectivity index (χ3v) is 0.757. The smallest absolute Gasteiger partial charge is 0.450 e. The Balaban J connectivity index is -0.0000000871. The lowest BCUT2D eigenvalue weighted by Crippen LogP contribution is -1.96. The van der Waals surface area contributed by atoms with E-state index < -0.39 is 12.3 Å². The van der Waals surface area contributed by atoms with Crippen LogP contribution >= 0.6 is 0 Å². The Bertz CT molecular complexity index is 148. The van der Waals surface area contributed by atoms with Crippen molar-refractivity contribution in [1.82, 2.24) is 0 Å². The lowest BCUT2D eigenvalue weighted by atomic mass is 10.8. The molecule has 12 nitrogen and oxygen atoms in total. The summed E-state index contributed by atoms with van der Waals surface area (Å²) in [5.74, 6) is 0. The van der Waals surface area contributed by atoms with Crippen LogP contribution in [0.3, 0.4) is 0 Å². The van der Waals surface area contributed by atoms with Gasteiger partial charge in [-0.3, -0.25) is 10.5 Å². The molecule has 0 aromatic carbocycles. The van der Waals surface area contributed by atoms with E-state index in [4.69, 9.17) is 40.5 Å². The summed E-state index contributed by atoms with van der Waals surface area (Å²) in [7, 11) is 3.08. The highest BCUT2D eigenvalue weighted by molar-refractivity contribution is 5.53. The molecule has 0 rings (SSSR count). The summed E-state index contributed by atoms with van der Waals surface area (Å²) >= 11 is 0. The van der Waals surface area contributed by atoms with Crippen LogP contribution in [0.15, 0.2) is 0 Å². The van der Waals surface area contributed by atoms with E-state index in [0.717, 1.165) is 0 Å². The predicted octanol–water partition coefficient (Wildman–Crippen LogP) is 0.690. The molecule has 0 radical (unpaired) electrons. The minimum Gasteiger partial charge on any atom is -0.450 e. The molecule has 20 heavy (non-hydrogen) atoms. The number of rotatable bonds is 6. The number of methoxy groups -OCH3 is 2. The Labute approximate surface area is 114 Å². The van der Waals surface area contributed by atoms with E-state index in [1.54, 1.807) is 14.2 Å². The van der Waals surface area contributed by atoms with Crippen LogP contribution in [-0.2, 0) is 19.2 Å². The van der Waals surface area contributed by atoms with Crippen LogP contribution < -0.4 is 0 Å². The number of ether oxygens (including phenoxy) is 2. The molecule has 0 bridgehead atoms. The highest BCUT2D eigenvalue weighted by Gasteiger charge is 1.76. The van der Waals surface area contributed by atoms with E-state index in [0.29, 0.717) is 13.2 Å². The summed E-state index contributed by atoms with van der Waals surface area (Å²) in [5.41, 5.74) is 0. The molecule has 0 aliphatic rings. The fraction of sp³-hybridized carbons (Fsp3) is 0.750. The fourth-order valence-electron chi connectivity index (χ4n) is 0.241. The minimum atomic E-state index is -1.83. The van der Waals surface area contributed by atoms with Gasteiger partial charge in [0, 0.05) is 14.2 Å². The van der Waals surface area contributed by atoms with Crippen molar-refractivity contribution >= 4 is 12.3 Å². The Morgan fingerprint density at radius 3 is 0.950 bits per heavy atom. The van der Waals surface area contributed by atoms with Crippen molar-refractivity contribution in [3.8, 4) is 0 Å². The molecule has 0 amide bonds. The summed E-state index contributed by atoms with van der Waals surface area (Å²) in [6.07, 6.45) is -3.67. The van der Waals surface area contributed by atoms with Gasteiger partial charge in [0.1, 0.15) is 13.2 Å². The van der Waals surface area contributed by atoms with E-state index in [2.05, 4.69) is 19.2 Å². The molecule has 124 valence electrons.